The number of diazo groups is 1. The molecule has 26 heavy (non-hydrogen) atoms. The van der Waals surface area contributed by atoms with Gasteiger partial charge in [0.25, 0.3) is 5.91 Å². The van der Waals surface area contributed by atoms with Gasteiger partial charge in [-0.2, -0.15) is 0 Å². The third kappa shape index (κ3) is 6.80. The summed E-state index contributed by atoms with van der Waals surface area (Å²) in [6.45, 7) is 4.46. The molecular formula is C17H18Cl2N3O3Zn. The van der Waals surface area contributed by atoms with Crippen molar-refractivity contribution in [2.24, 2.45) is 0 Å². The molecular weight excluding hydrogens is 431 g/mol. The van der Waals surface area contributed by atoms with Crippen molar-refractivity contribution >= 4 is 17.3 Å². The number of nitrogens with one attached hydrogen (secondary N) is 1. The minimum Gasteiger partial charge on any atom is -1.00 e. The predicted molar refractivity (Wildman–Crippen MR) is 87.9 cm³/mol. The smallest absolute Gasteiger partial charge is 1.00 e. The molecule has 0 aliphatic carbocycles. The molecule has 9 heteroatoms. The van der Waals surface area contributed by atoms with Crippen LogP contribution in [0.5, 0.6) is 11.5 Å². The SMILES string of the molecule is CCOc1cc(NC(=O)c2ccccc2)c(OCC)cc1[N+]#N.[Cl-].[Cl-].[Zn+]. The molecule has 1 radical (unpaired) electrons. The molecule has 2 rings (SSSR count). The first-order valence-corrected chi connectivity index (χ1v) is 7.34. The Labute approximate surface area is 177 Å². The van der Waals surface area contributed by atoms with Crippen LogP contribution in [0.15, 0.2) is 42.5 Å². The van der Waals surface area contributed by atoms with Crippen molar-refractivity contribution in [2.45, 2.75) is 13.8 Å². The Morgan fingerprint density at radius 3 is 2.15 bits per heavy atom. The number of carbonyl (C=O) groups excluding carboxylic acids is 1. The molecule has 0 saturated heterocycles. The van der Waals surface area contributed by atoms with Crippen LogP contribution in [0.3, 0.4) is 0 Å². The number of hydrogen-bond donors (Lipinski definition) is 1. The summed E-state index contributed by atoms with van der Waals surface area (Å²) in [4.78, 5) is 15.5. The van der Waals surface area contributed by atoms with Gasteiger partial charge in [0.15, 0.2) is 10.7 Å². The number of rotatable bonds is 6. The molecule has 0 saturated carbocycles. The molecule has 0 aromatic heterocycles. The van der Waals surface area contributed by atoms with Crippen LogP contribution in [-0.4, -0.2) is 19.1 Å². The van der Waals surface area contributed by atoms with Crippen molar-refractivity contribution in [3.05, 3.63) is 53.0 Å². The van der Waals surface area contributed by atoms with Gasteiger partial charge in [-0.05, 0) is 26.0 Å². The minimum absolute atomic E-state index is 0. The molecule has 0 spiro atoms. The zero-order chi connectivity index (χ0) is 16.7. The van der Waals surface area contributed by atoms with Crippen molar-refractivity contribution in [1.29, 1.82) is 5.39 Å². The number of hydrogen-bond acceptors (Lipinski definition) is 4. The molecule has 0 aliphatic rings. The number of nitrogens with zero attached hydrogens (tertiary/aromatic N) is 2. The van der Waals surface area contributed by atoms with E-state index in [0.717, 1.165) is 0 Å². The summed E-state index contributed by atoms with van der Waals surface area (Å²) in [5.41, 5.74) is 1.23. The maximum absolute atomic E-state index is 12.3. The van der Waals surface area contributed by atoms with E-state index in [2.05, 4.69) is 10.3 Å². The summed E-state index contributed by atoms with van der Waals surface area (Å²) in [5, 5.41) is 11.9. The first-order valence-electron chi connectivity index (χ1n) is 7.34. The average molecular weight is 449 g/mol. The number of amides is 1. The van der Waals surface area contributed by atoms with E-state index in [-0.39, 0.29) is 55.9 Å². The zero-order valence-corrected chi connectivity index (χ0v) is 19.0. The molecule has 1 amide bonds. The summed E-state index contributed by atoms with van der Waals surface area (Å²) in [7, 11) is 0. The Kier molecular flexibility index (Phi) is 13.5. The van der Waals surface area contributed by atoms with Crippen LogP contribution < -0.4 is 39.6 Å². The zero-order valence-electron chi connectivity index (χ0n) is 14.5. The van der Waals surface area contributed by atoms with Gasteiger partial charge < -0.3 is 39.6 Å². The van der Waals surface area contributed by atoms with Crippen molar-refractivity contribution < 1.29 is 58.6 Å². The van der Waals surface area contributed by atoms with Gasteiger partial charge in [0, 0.05) is 11.6 Å². The Morgan fingerprint density at radius 2 is 1.62 bits per heavy atom. The van der Waals surface area contributed by atoms with Crippen LogP contribution in [-0.2, 0) is 19.5 Å². The van der Waals surface area contributed by atoms with Crippen molar-refractivity contribution in [1.82, 2.24) is 0 Å². The van der Waals surface area contributed by atoms with Gasteiger partial charge in [-0.15, -0.1) is 0 Å². The molecule has 0 heterocycles. The summed E-state index contributed by atoms with van der Waals surface area (Å²) >= 11 is 0. The minimum atomic E-state index is -0.261. The van der Waals surface area contributed by atoms with Crippen LogP contribution >= 0.6 is 0 Å². The Bertz CT molecular complexity index is 740. The number of ether oxygens (including phenoxy) is 2. The summed E-state index contributed by atoms with van der Waals surface area (Å²) in [6.07, 6.45) is 0. The van der Waals surface area contributed by atoms with Crippen LogP contribution in [0.25, 0.3) is 4.98 Å². The third-order valence-corrected chi connectivity index (χ3v) is 3.05. The van der Waals surface area contributed by atoms with Crippen LogP contribution in [0.1, 0.15) is 24.2 Å². The molecule has 0 bridgehead atoms. The van der Waals surface area contributed by atoms with Gasteiger partial charge >= 0.3 is 25.2 Å². The molecule has 1 N–H and O–H groups in total. The fourth-order valence-corrected chi connectivity index (χ4v) is 2.06. The number of halogens is 2. The van der Waals surface area contributed by atoms with Crippen LogP contribution in [0.4, 0.5) is 11.4 Å². The molecule has 0 atom stereocenters. The largest absolute Gasteiger partial charge is 1.00 e. The fourth-order valence-electron chi connectivity index (χ4n) is 2.06. The Balaban J connectivity index is 0. The molecule has 2 aromatic rings. The number of benzene rings is 2. The molecule has 0 aliphatic heterocycles. The van der Waals surface area contributed by atoms with Gasteiger partial charge in [-0.1, -0.05) is 18.2 Å². The van der Waals surface area contributed by atoms with E-state index in [0.29, 0.717) is 36.0 Å². The first kappa shape index (κ1) is 26.4. The Morgan fingerprint density at radius 1 is 1.04 bits per heavy atom. The first-order chi connectivity index (χ1) is 11.2. The van der Waals surface area contributed by atoms with E-state index in [4.69, 9.17) is 14.9 Å². The summed E-state index contributed by atoms with van der Waals surface area (Å²) in [5.74, 6) is 0.512. The van der Waals surface area contributed by atoms with Crippen LogP contribution in [0, 0.1) is 5.39 Å². The van der Waals surface area contributed by atoms with Gasteiger partial charge in [-0.25, -0.2) is 0 Å². The molecule has 6 nitrogen and oxygen atoms in total. The molecule has 2 aromatic carbocycles. The normalized spacial score (nSPS) is 8.65. The van der Waals surface area contributed by atoms with Gasteiger partial charge in [0.1, 0.15) is 0 Å². The fraction of sp³-hybridized carbons (Fsp3) is 0.235. The van der Waals surface area contributed by atoms with E-state index < -0.39 is 0 Å². The summed E-state index contributed by atoms with van der Waals surface area (Å²) in [6, 6.07) is 12.0. The predicted octanol–water partition coefficient (Wildman–Crippen LogP) is -1.77. The van der Waals surface area contributed by atoms with E-state index in [9.17, 15) is 4.79 Å². The van der Waals surface area contributed by atoms with Crippen molar-refractivity contribution in [3.63, 3.8) is 0 Å². The second-order valence-electron chi connectivity index (χ2n) is 4.60. The number of anilines is 1. The van der Waals surface area contributed by atoms with Gasteiger partial charge in [0.05, 0.1) is 25.0 Å². The summed E-state index contributed by atoms with van der Waals surface area (Å²) < 4.78 is 10.9. The van der Waals surface area contributed by atoms with Crippen molar-refractivity contribution in [3.8, 4) is 11.5 Å². The van der Waals surface area contributed by atoms with E-state index in [1.54, 1.807) is 30.3 Å². The van der Waals surface area contributed by atoms with E-state index >= 15 is 0 Å². The van der Waals surface area contributed by atoms with Crippen LogP contribution in [0.2, 0.25) is 0 Å². The average Bonchev–Trinajstić information content (AvgIpc) is 2.58. The topological polar surface area (TPSA) is 75.7 Å². The van der Waals surface area contributed by atoms with Gasteiger partial charge in [-0.3, -0.25) is 4.79 Å². The second kappa shape index (κ2) is 13.4. The molecule has 0 fully saturated rings. The monoisotopic (exact) mass is 446 g/mol. The standard InChI is InChI=1S/C17H17N3O3.2ClH.Zn/c1-3-22-15-11-14(20-18)16(23-4-2)10-13(15)19-17(21)12-8-6-5-7-9-12;;;/h5-11H,3-4H2,1-2H3;2*1H;/q;;;+1/p-1. The van der Waals surface area contributed by atoms with E-state index in [1.165, 1.54) is 6.07 Å². The molecule has 0 unspecified atom stereocenters. The maximum Gasteiger partial charge on any atom is 1.00 e. The van der Waals surface area contributed by atoms with Gasteiger partial charge in [0.2, 0.25) is 11.1 Å². The Hall–Kier alpha value is -1.87. The third-order valence-electron chi connectivity index (χ3n) is 3.05. The second-order valence-corrected chi connectivity index (χ2v) is 4.60. The van der Waals surface area contributed by atoms with E-state index in [1.807, 2.05) is 19.9 Å². The molecule has 135 valence electrons. The number of carbonyl (C=O) groups is 1. The maximum atomic E-state index is 12.3. The van der Waals surface area contributed by atoms with Crippen molar-refractivity contribution in [2.75, 3.05) is 18.5 Å². The quantitative estimate of drug-likeness (QED) is 0.419.